The molecule has 3 rings (SSSR count). The molecule has 1 fully saturated rings. The quantitative estimate of drug-likeness (QED) is 0.468. The molecule has 28 heavy (non-hydrogen) atoms. The third-order valence-electron chi connectivity index (χ3n) is 4.67. The number of halogens is 3. The minimum Gasteiger partial charge on any atom is -0.494 e. The van der Waals surface area contributed by atoms with Crippen LogP contribution in [0.4, 0.5) is 8.78 Å². The second-order valence-corrected chi connectivity index (χ2v) is 8.51. The number of ether oxygens (including phenoxy) is 2. The van der Waals surface area contributed by atoms with Gasteiger partial charge in [0.15, 0.2) is 0 Å². The first-order valence-corrected chi connectivity index (χ1v) is 9.85. The standard InChI is InChI=1S/C21H22BrF2NO3/c1-21(2,10-12-4-5-12)28-20(26)14-7-6-13(22)8-15(14)16-9-17(19(23)24)25-11-18(16)27-3/h6-9,11-12,19H,4-5,10H2,1-3H3. The van der Waals surface area contributed by atoms with Crippen LogP contribution in [0.15, 0.2) is 34.9 Å². The average molecular weight is 454 g/mol. The molecular formula is C21H22BrF2NO3. The van der Waals surface area contributed by atoms with E-state index in [2.05, 4.69) is 20.9 Å². The average Bonchev–Trinajstić information content (AvgIpc) is 3.43. The molecule has 1 saturated carbocycles. The Balaban J connectivity index is 2.01. The Bertz CT molecular complexity index is 882. The lowest BCUT2D eigenvalue weighted by molar-refractivity contribution is -0.00668. The van der Waals surface area contributed by atoms with Crippen molar-refractivity contribution in [2.24, 2.45) is 5.92 Å². The summed E-state index contributed by atoms with van der Waals surface area (Å²) in [4.78, 5) is 16.7. The number of hydrogen-bond acceptors (Lipinski definition) is 4. The highest BCUT2D eigenvalue weighted by atomic mass is 79.9. The van der Waals surface area contributed by atoms with Crippen LogP contribution < -0.4 is 4.74 Å². The van der Waals surface area contributed by atoms with Gasteiger partial charge in [-0.3, -0.25) is 4.98 Å². The summed E-state index contributed by atoms with van der Waals surface area (Å²) in [5.41, 5.74) is 0.115. The lowest BCUT2D eigenvalue weighted by Gasteiger charge is -2.26. The van der Waals surface area contributed by atoms with Gasteiger partial charge in [0, 0.05) is 15.6 Å². The van der Waals surface area contributed by atoms with Crippen LogP contribution in [0.25, 0.3) is 11.1 Å². The van der Waals surface area contributed by atoms with Gasteiger partial charge in [0.2, 0.25) is 0 Å². The number of methoxy groups -OCH3 is 1. The minimum atomic E-state index is -2.73. The second-order valence-electron chi connectivity index (χ2n) is 7.60. The molecule has 0 bridgehead atoms. The first-order chi connectivity index (χ1) is 13.2. The highest BCUT2D eigenvalue weighted by molar-refractivity contribution is 9.10. The zero-order valence-electron chi connectivity index (χ0n) is 16.0. The molecule has 0 atom stereocenters. The van der Waals surface area contributed by atoms with Crippen molar-refractivity contribution >= 4 is 21.9 Å². The zero-order valence-corrected chi connectivity index (χ0v) is 17.6. The fraction of sp³-hybridized carbons (Fsp3) is 0.429. The van der Waals surface area contributed by atoms with Gasteiger partial charge in [0.05, 0.1) is 18.9 Å². The van der Waals surface area contributed by atoms with Crippen LogP contribution in [0.1, 0.15) is 55.6 Å². The lowest BCUT2D eigenvalue weighted by Crippen LogP contribution is -2.29. The zero-order chi connectivity index (χ0) is 20.5. The molecule has 1 aromatic carbocycles. The van der Waals surface area contributed by atoms with Crippen LogP contribution in [-0.2, 0) is 4.74 Å². The van der Waals surface area contributed by atoms with Crippen molar-refractivity contribution in [1.29, 1.82) is 0 Å². The van der Waals surface area contributed by atoms with Crippen LogP contribution in [0, 0.1) is 5.92 Å². The predicted molar refractivity (Wildman–Crippen MR) is 106 cm³/mol. The number of carbonyl (C=O) groups is 1. The molecule has 1 aliphatic rings. The lowest BCUT2D eigenvalue weighted by atomic mass is 9.98. The molecule has 0 spiro atoms. The summed E-state index contributed by atoms with van der Waals surface area (Å²) < 4.78 is 38.1. The normalized spacial score (nSPS) is 14.2. The highest BCUT2D eigenvalue weighted by Crippen LogP contribution is 2.40. The maximum absolute atomic E-state index is 13.2. The Labute approximate surface area is 171 Å². The third kappa shape index (κ3) is 4.87. The molecule has 0 saturated heterocycles. The van der Waals surface area contributed by atoms with Crippen molar-refractivity contribution < 1.29 is 23.0 Å². The van der Waals surface area contributed by atoms with Gasteiger partial charge in [0.25, 0.3) is 6.43 Å². The second kappa shape index (κ2) is 8.15. The highest BCUT2D eigenvalue weighted by Gasteiger charge is 2.33. The van der Waals surface area contributed by atoms with Crippen LogP contribution in [0.3, 0.4) is 0 Å². The summed E-state index contributed by atoms with van der Waals surface area (Å²) >= 11 is 3.38. The van der Waals surface area contributed by atoms with E-state index in [9.17, 15) is 13.6 Å². The van der Waals surface area contributed by atoms with E-state index in [4.69, 9.17) is 9.47 Å². The van der Waals surface area contributed by atoms with Gasteiger partial charge in [-0.25, -0.2) is 13.6 Å². The van der Waals surface area contributed by atoms with E-state index in [0.29, 0.717) is 27.3 Å². The Hall–Kier alpha value is -2.02. The summed E-state index contributed by atoms with van der Waals surface area (Å²) in [6.07, 6.45) is 1.64. The number of carbonyl (C=O) groups excluding carboxylic acids is 1. The van der Waals surface area contributed by atoms with Gasteiger partial charge in [-0.1, -0.05) is 28.8 Å². The first-order valence-electron chi connectivity index (χ1n) is 9.05. The van der Waals surface area contributed by atoms with Crippen molar-refractivity contribution in [3.05, 3.63) is 46.2 Å². The number of pyridine rings is 1. The third-order valence-corrected chi connectivity index (χ3v) is 5.16. The molecule has 0 unspecified atom stereocenters. The number of rotatable bonds is 7. The van der Waals surface area contributed by atoms with Gasteiger partial charge in [-0.15, -0.1) is 0 Å². The van der Waals surface area contributed by atoms with Crippen molar-refractivity contribution in [2.75, 3.05) is 7.11 Å². The molecule has 0 aliphatic heterocycles. The Kier molecular flexibility index (Phi) is 6.03. The maximum atomic E-state index is 13.2. The van der Waals surface area contributed by atoms with Crippen LogP contribution in [0.2, 0.25) is 0 Å². The van der Waals surface area contributed by atoms with Crippen molar-refractivity contribution in [1.82, 2.24) is 4.98 Å². The van der Waals surface area contributed by atoms with Crippen LogP contribution in [0.5, 0.6) is 5.75 Å². The van der Waals surface area contributed by atoms with Crippen LogP contribution >= 0.6 is 15.9 Å². The van der Waals surface area contributed by atoms with Gasteiger partial charge in [-0.2, -0.15) is 0 Å². The first kappa shape index (κ1) is 20.7. The predicted octanol–water partition coefficient (Wildman–Crippen LogP) is 6.19. The Morgan fingerprint density at radius 1 is 1.29 bits per heavy atom. The molecule has 1 aromatic heterocycles. The van der Waals surface area contributed by atoms with Crippen LogP contribution in [-0.4, -0.2) is 23.7 Å². The Morgan fingerprint density at radius 2 is 2.00 bits per heavy atom. The van der Waals surface area contributed by atoms with Crippen molar-refractivity contribution in [3.8, 4) is 16.9 Å². The molecular weight excluding hydrogens is 432 g/mol. The summed E-state index contributed by atoms with van der Waals surface area (Å²) in [5, 5.41) is 0. The smallest absolute Gasteiger partial charge is 0.339 e. The fourth-order valence-corrected chi connectivity index (χ4v) is 3.59. The number of alkyl halides is 2. The molecule has 7 heteroatoms. The molecule has 0 radical (unpaired) electrons. The van der Waals surface area contributed by atoms with Gasteiger partial charge in [0.1, 0.15) is 17.0 Å². The SMILES string of the molecule is COc1cnc(C(F)F)cc1-c1cc(Br)ccc1C(=O)OC(C)(C)CC1CC1. The fourth-order valence-electron chi connectivity index (χ4n) is 3.23. The molecule has 150 valence electrons. The number of benzene rings is 1. The number of hydrogen-bond donors (Lipinski definition) is 0. The van der Waals surface area contributed by atoms with Gasteiger partial charge in [-0.05, 0) is 50.5 Å². The van der Waals surface area contributed by atoms with Crippen molar-refractivity contribution in [3.63, 3.8) is 0 Å². The van der Waals surface area contributed by atoms with Gasteiger partial charge >= 0.3 is 5.97 Å². The minimum absolute atomic E-state index is 0.289. The van der Waals surface area contributed by atoms with Crippen molar-refractivity contribution in [2.45, 2.75) is 45.1 Å². The van der Waals surface area contributed by atoms with E-state index in [1.54, 1.807) is 18.2 Å². The molecule has 2 aromatic rings. The Morgan fingerprint density at radius 3 is 2.61 bits per heavy atom. The largest absolute Gasteiger partial charge is 0.494 e. The molecule has 0 amide bonds. The maximum Gasteiger partial charge on any atom is 0.339 e. The summed E-state index contributed by atoms with van der Waals surface area (Å²) in [5.74, 6) is 0.403. The van der Waals surface area contributed by atoms with Gasteiger partial charge < -0.3 is 9.47 Å². The monoisotopic (exact) mass is 453 g/mol. The van der Waals surface area contributed by atoms with E-state index in [1.807, 2.05) is 13.8 Å². The van der Waals surface area contributed by atoms with E-state index in [0.717, 1.165) is 19.3 Å². The molecule has 0 N–H and O–H groups in total. The summed E-state index contributed by atoms with van der Waals surface area (Å²) in [6.45, 7) is 3.79. The van der Waals surface area contributed by atoms with E-state index in [1.165, 1.54) is 19.4 Å². The topological polar surface area (TPSA) is 48.4 Å². The molecule has 1 aliphatic carbocycles. The van der Waals surface area contributed by atoms with E-state index in [-0.39, 0.29) is 11.3 Å². The van der Waals surface area contributed by atoms with E-state index < -0.39 is 18.0 Å². The number of nitrogens with zero attached hydrogens (tertiary/aromatic N) is 1. The number of aromatic nitrogens is 1. The summed E-state index contributed by atoms with van der Waals surface area (Å²) in [7, 11) is 1.43. The molecule has 4 nitrogen and oxygen atoms in total. The summed E-state index contributed by atoms with van der Waals surface area (Å²) in [6, 6.07) is 6.28. The number of esters is 1. The molecule has 1 heterocycles. The van der Waals surface area contributed by atoms with E-state index >= 15 is 0 Å².